The summed E-state index contributed by atoms with van der Waals surface area (Å²) in [4.78, 5) is 34.9. The summed E-state index contributed by atoms with van der Waals surface area (Å²) in [5.74, 6) is 0.481. The molecule has 0 radical (unpaired) electrons. The van der Waals surface area contributed by atoms with Crippen molar-refractivity contribution in [1.82, 2.24) is 24.0 Å². The number of aromatic nitrogens is 4. The van der Waals surface area contributed by atoms with Crippen LogP contribution in [0.1, 0.15) is 45.0 Å². The first-order valence-corrected chi connectivity index (χ1v) is 9.53. The summed E-state index contributed by atoms with van der Waals surface area (Å²) < 4.78 is 3.31. The van der Waals surface area contributed by atoms with Gasteiger partial charge in [0.2, 0.25) is 0 Å². The molecule has 7 nitrogen and oxygen atoms in total. The zero-order chi connectivity index (χ0) is 19.6. The molecule has 1 saturated heterocycles. The molecule has 0 bridgehead atoms. The molecule has 0 saturated carbocycles. The molecule has 1 aliphatic heterocycles. The summed E-state index contributed by atoms with van der Waals surface area (Å²) in [7, 11) is 1.75. The second-order valence-corrected chi connectivity index (χ2v) is 8.56. The molecule has 0 N–H and O–H groups in total. The van der Waals surface area contributed by atoms with Crippen LogP contribution in [0.5, 0.6) is 0 Å². The van der Waals surface area contributed by atoms with Gasteiger partial charge in [0, 0.05) is 37.8 Å². The summed E-state index contributed by atoms with van der Waals surface area (Å²) in [6.45, 7) is 9.61. The monoisotopic (exact) mass is 371 g/mol. The van der Waals surface area contributed by atoms with Crippen molar-refractivity contribution in [3.63, 3.8) is 0 Å². The van der Waals surface area contributed by atoms with Crippen molar-refractivity contribution in [1.29, 1.82) is 0 Å². The Morgan fingerprint density at radius 3 is 2.41 bits per heavy atom. The van der Waals surface area contributed by atoms with Gasteiger partial charge in [-0.3, -0.25) is 24.0 Å². The maximum Gasteiger partial charge on any atom is 0.268 e. The van der Waals surface area contributed by atoms with Gasteiger partial charge in [0.1, 0.15) is 0 Å². The summed E-state index contributed by atoms with van der Waals surface area (Å²) in [6.07, 6.45) is 6.96. The van der Waals surface area contributed by atoms with Gasteiger partial charge in [-0.2, -0.15) is 0 Å². The highest BCUT2D eigenvalue weighted by Crippen LogP contribution is 2.21. The molecule has 0 aliphatic carbocycles. The van der Waals surface area contributed by atoms with E-state index in [4.69, 9.17) is 0 Å². The Kier molecular flexibility index (Phi) is 5.60. The molecular formula is C20H29N5O2. The number of piperidine rings is 1. The van der Waals surface area contributed by atoms with Crippen LogP contribution < -0.4 is 11.1 Å². The molecule has 1 aliphatic rings. The van der Waals surface area contributed by atoms with E-state index in [-0.39, 0.29) is 16.5 Å². The fraction of sp³-hybridized carbons (Fsp3) is 0.600. The normalized spacial score (nSPS) is 16.6. The second-order valence-electron chi connectivity index (χ2n) is 8.56. The summed E-state index contributed by atoms with van der Waals surface area (Å²) in [5.41, 5.74) is 1.58. The van der Waals surface area contributed by atoms with Crippen molar-refractivity contribution >= 4 is 0 Å². The number of nitrogens with zero attached hydrogens (tertiary/aromatic N) is 5. The van der Waals surface area contributed by atoms with Crippen LogP contribution in [0.4, 0.5) is 0 Å². The minimum Gasteiger partial charge on any atom is -0.315 e. The number of aryl methyl sites for hydroxylation is 1. The molecule has 2 aromatic rings. The van der Waals surface area contributed by atoms with Crippen LogP contribution in [0.2, 0.25) is 0 Å². The molecule has 3 heterocycles. The van der Waals surface area contributed by atoms with Crippen molar-refractivity contribution in [2.24, 2.45) is 13.0 Å². The van der Waals surface area contributed by atoms with Crippen molar-refractivity contribution in [3.05, 3.63) is 56.9 Å². The van der Waals surface area contributed by atoms with Crippen LogP contribution in [0.25, 0.3) is 0 Å². The third-order valence-corrected chi connectivity index (χ3v) is 5.23. The van der Waals surface area contributed by atoms with E-state index in [1.54, 1.807) is 34.8 Å². The molecule has 27 heavy (non-hydrogen) atoms. The fourth-order valence-electron chi connectivity index (χ4n) is 3.44. The zero-order valence-corrected chi connectivity index (χ0v) is 16.7. The molecule has 7 heteroatoms. The quantitative estimate of drug-likeness (QED) is 0.815. The Morgan fingerprint density at radius 1 is 1.11 bits per heavy atom. The summed E-state index contributed by atoms with van der Waals surface area (Å²) in [6, 6.07) is 1.67. The predicted octanol–water partition coefficient (Wildman–Crippen LogP) is 1.55. The van der Waals surface area contributed by atoms with E-state index in [1.165, 1.54) is 6.20 Å². The molecule has 0 atom stereocenters. The number of rotatable bonds is 4. The van der Waals surface area contributed by atoms with E-state index in [1.807, 2.05) is 0 Å². The topological polar surface area (TPSA) is 73.0 Å². The fourth-order valence-corrected chi connectivity index (χ4v) is 3.44. The van der Waals surface area contributed by atoms with E-state index >= 15 is 0 Å². The Morgan fingerprint density at radius 2 is 1.81 bits per heavy atom. The zero-order valence-electron chi connectivity index (χ0n) is 16.7. The molecule has 0 unspecified atom stereocenters. The third kappa shape index (κ3) is 4.91. The highest BCUT2D eigenvalue weighted by atomic mass is 16.1. The van der Waals surface area contributed by atoms with Gasteiger partial charge in [-0.05, 0) is 31.8 Å². The van der Waals surface area contributed by atoms with Crippen molar-refractivity contribution in [2.45, 2.75) is 52.1 Å². The number of likely N-dealkylation sites (tertiary alicyclic amines) is 1. The van der Waals surface area contributed by atoms with Gasteiger partial charge < -0.3 is 4.57 Å². The minimum absolute atomic E-state index is 0.0340. The molecule has 0 aromatic carbocycles. The van der Waals surface area contributed by atoms with Crippen LogP contribution in [-0.2, 0) is 25.6 Å². The van der Waals surface area contributed by atoms with Gasteiger partial charge in [-0.15, -0.1) is 0 Å². The molecular weight excluding hydrogens is 342 g/mol. The predicted molar refractivity (Wildman–Crippen MR) is 105 cm³/mol. The Balaban J connectivity index is 1.56. The SMILES string of the molecule is Cn1cc(CN2CCC(Cn3cnc(C(C)(C)C)cc3=O)CC2)ncc1=O. The molecule has 0 amide bonds. The molecule has 146 valence electrons. The van der Waals surface area contributed by atoms with Crippen molar-refractivity contribution in [3.8, 4) is 0 Å². The first-order chi connectivity index (χ1) is 12.7. The Bertz CT molecular complexity index is 902. The van der Waals surface area contributed by atoms with Gasteiger partial charge in [0.25, 0.3) is 11.1 Å². The lowest BCUT2D eigenvalue weighted by molar-refractivity contribution is 0.164. The van der Waals surface area contributed by atoms with E-state index in [0.717, 1.165) is 50.4 Å². The largest absolute Gasteiger partial charge is 0.315 e. The van der Waals surface area contributed by atoms with Gasteiger partial charge in [0.15, 0.2) is 0 Å². The maximum atomic E-state index is 12.4. The molecule has 1 fully saturated rings. The Hall–Kier alpha value is -2.28. The van der Waals surface area contributed by atoms with Crippen LogP contribution in [-0.4, -0.2) is 37.1 Å². The number of hydrogen-bond donors (Lipinski definition) is 0. The molecule has 3 rings (SSSR count). The Labute approximate surface area is 159 Å². The van der Waals surface area contributed by atoms with E-state index in [0.29, 0.717) is 5.92 Å². The van der Waals surface area contributed by atoms with E-state index in [2.05, 4.69) is 35.6 Å². The highest BCUT2D eigenvalue weighted by Gasteiger charge is 2.21. The molecule has 0 spiro atoms. The van der Waals surface area contributed by atoms with Crippen molar-refractivity contribution in [2.75, 3.05) is 13.1 Å². The average Bonchev–Trinajstić information content (AvgIpc) is 2.61. The first-order valence-electron chi connectivity index (χ1n) is 9.53. The average molecular weight is 371 g/mol. The van der Waals surface area contributed by atoms with Crippen LogP contribution >= 0.6 is 0 Å². The number of hydrogen-bond acceptors (Lipinski definition) is 5. The van der Waals surface area contributed by atoms with Crippen LogP contribution in [0.3, 0.4) is 0 Å². The van der Waals surface area contributed by atoms with Gasteiger partial charge in [-0.25, -0.2) is 4.98 Å². The maximum absolute atomic E-state index is 12.4. The van der Waals surface area contributed by atoms with Crippen LogP contribution in [0, 0.1) is 5.92 Å². The van der Waals surface area contributed by atoms with Gasteiger partial charge >= 0.3 is 0 Å². The molecule has 2 aromatic heterocycles. The first kappa shape index (κ1) is 19.5. The second kappa shape index (κ2) is 7.76. The smallest absolute Gasteiger partial charge is 0.268 e. The van der Waals surface area contributed by atoms with E-state index in [9.17, 15) is 9.59 Å². The van der Waals surface area contributed by atoms with Gasteiger partial charge in [0.05, 0.1) is 23.9 Å². The minimum atomic E-state index is -0.113. The van der Waals surface area contributed by atoms with E-state index < -0.39 is 0 Å². The third-order valence-electron chi connectivity index (χ3n) is 5.23. The lowest BCUT2D eigenvalue weighted by Gasteiger charge is -2.32. The standard InChI is InChI=1S/C20H29N5O2/c1-20(2,3)17-9-18(26)25(14-22-17)11-15-5-7-24(8-6-15)13-16-12-23(4)19(27)10-21-16/h9-10,12,14-15H,5-8,11,13H2,1-4H3. The lowest BCUT2D eigenvalue weighted by atomic mass is 9.92. The lowest BCUT2D eigenvalue weighted by Crippen LogP contribution is -2.36. The van der Waals surface area contributed by atoms with Gasteiger partial charge in [-0.1, -0.05) is 20.8 Å². The van der Waals surface area contributed by atoms with Crippen molar-refractivity contribution < 1.29 is 0 Å². The van der Waals surface area contributed by atoms with Crippen LogP contribution in [0.15, 0.2) is 34.4 Å². The summed E-state index contributed by atoms with van der Waals surface area (Å²) in [5, 5.41) is 0. The highest BCUT2D eigenvalue weighted by molar-refractivity contribution is 5.10. The summed E-state index contributed by atoms with van der Waals surface area (Å²) >= 11 is 0.